The average molecular weight is 458 g/mol. The number of hydrogen-bond donors (Lipinski definition) is 0. The number of carbonyl (C=O) groups excluding carboxylic acids is 1. The van der Waals surface area contributed by atoms with Crippen LogP contribution in [0.15, 0.2) is 0 Å². The number of carbonyl (C=O) groups is 1. The van der Waals surface area contributed by atoms with E-state index in [0.29, 0.717) is 11.0 Å². The minimum Gasteiger partial charge on any atom is -0.743 e. The SMILES string of the molecule is CCCC(=O)C1CCC[SH+]1.O=S(=O)([O-])C(F)(F)C(F)(F)C(F)(F)C(F)(F)F. The van der Waals surface area contributed by atoms with Gasteiger partial charge in [0.15, 0.2) is 21.2 Å². The molecule has 1 rings (SSSR count). The molecule has 27 heavy (non-hydrogen) atoms. The zero-order chi connectivity index (χ0) is 21.9. The van der Waals surface area contributed by atoms with Gasteiger partial charge in [0.2, 0.25) is 0 Å². The van der Waals surface area contributed by atoms with Gasteiger partial charge in [-0.2, -0.15) is 39.5 Å². The number of alkyl halides is 9. The van der Waals surface area contributed by atoms with Crippen molar-refractivity contribution in [3.63, 3.8) is 0 Å². The van der Waals surface area contributed by atoms with Gasteiger partial charge in [-0.15, -0.1) is 0 Å². The standard InChI is InChI=1S/C8H14OS.C4HF9O3S/c1-2-4-7(9)8-5-3-6-10-8;5-1(6,3(9,10)11)2(7,8)4(12,13)17(14,15)16/h8H,2-6H2,1H3;(H,14,15,16). The molecule has 0 aliphatic carbocycles. The monoisotopic (exact) mass is 458 g/mol. The Balaban J connectivity index is 0.000000569. The van der Waals surface area contributed by atoms with Crippen molar-refractivity contribution in [1.82, 2.24) is 0 Å². The third-order valence-electron chi connectivity index (χ3n) is 3.28. The lowest BCUT2D eigenvalue weighted by Gasteiger charge is -2.34. The summed E-state index contributed by atoms with van der Waals surface area (Å²) in [5.41, 5.74) is 0. The molecular weight excluding hydrogens is 443 g/mol. The minimum absolute atomic E-state index is 0.417. The van der Waals surface area contributed by atoms with Gasteiger partial charge in [-0.3, -0.25) is 4.79 Å². The smallest absolute Gasteiger partial charge is 0.460 e. The van der Waals surface area contributed by atoms with Gasteiger partial charge in [-0.25, -0.2) is 8.42 Å². The number of hydrogen-bond acceptors (Lipinski definition) is 4. The molecule has 0 N–H and O–H groups in total. The summed E-state index contributed by atoms with van der Waals surface area (Å²) in [5, 5.41) is -6.70. The summed E-state index contributed by atoms with van der Waals surface area (Å²) in [7, 11) is -7.42. The molecule has 0 spiro atoms. The second kappa shape index (κ2) is 8.76. The molecule has 4 nitrogen and oxygen atoms in total. The fraction of sp³-hybridized carbons (Fsp3) is 0.917. The molecule has 0 bridgehead atoms. The van der Waals surface area contributed by atoms with Gasteiger partial charge in [0.05, 0.1) is 0 Å². The van der Waals surface area contributed by atoms with Crippen LogP contribution in [0.1, 0.15) is 32.6 Å². The predicted molar refractivity (Wildman–Crippen MR) is 77.2 cm³/mol. The summed E-state index contributed by atoms with van der Waals surface area (Å²) in [5.74, 6) is -13.1. The highest BCUT2D eigenvalue weighted by molar-refractivity contribution is 7.86. The average Bonchev–Trinajstić information content (AvgIpc) is 2.99. The van der Waals surface area contributed by atoms with Crippen molar-refractivity contribution >= 4 is 27.7 Å². The van der Waals surface area contributed by atoms with E-state index in [1.165, 1.54) is 23.9 Å². The van der Waals surface area contributed by atoms with Gasteiger partial charge in [0.25, 0.3) is 0 Å². The Morgan fingerprint density at radius 1 is 1.04 bits per heavy atom. The zero-order valence-electron chi connectivity index (χ0n) is 13.5. The number of halogens is 9. The Morgan fingerprint density at radius 2 is 1.52 bits per heavy atom. The van der Waals surface area contributed by atoms with E-state index in [1.54, 1.807) is 0 Å². The lowest BCUT2D eigenvalue weighted by Crippen LogP contribution is -2.63. The molecular formula is C12H15F9O4S2. The summed E-state index contributed by atoms with van der Waals surface area (Å²) in [6.45, 7) is 2.07. The molecule has 0 aromatic rings. The summed E-state index contributed by atoms with van der Waals surface area (Å²) in [4.78, 5) is 11.2. The molecule has 162 valence electrons. The first-order chi connectivity index (χ1) is 11.8. The van der Waals surface area contributed by atoms with Crippen LogP contribution < -0.4 is 0 Å². The van der Waals surface area contributed by atoms with E-state index >= 15 is 0 Å². The Bertz CT molecular complexity index is 611. The van der Waals surface area contributed by atoms with Crippen LogP contribution in [0, 0.1) is 0 Å². The van der Waals surface area contributed by atoms with Crippen LogP contribution in [0.4, 0.5) is 39.5 Å². The third kappa shape index (κ3) is 5.65. The van der Waals surface area contributed by atoms with Crippen molar-refractivity contribution < 1.29 is 57.3 Å². The van der Waals surface area contributed by atoms with E-state index in [-0.39, 0.29) is 0 Å². The second-order valence-electron chi connectivity index (χ2n) is 5.40. The fourth-order valence-corrected chi connectivity index (χ4v) is 3.63. The molecule has 1 saturated heterocycles. The molecule has 0 radical (unpaired) electrons. The Hall–Kier alpha value is -0.700. The van der Waals surface area contributed by atoms with Gasteiger partial charge in [0.1, 0.15) is 5.75 Å². The van der Waals surface area contributed by atoms with Crippen molar-refractivity contribution in [2.75, 3.05) is 5.75 Å². The van der Waals surface area contributed by atoms with E-state index in [9.17, 15) is 57.3 Å². The van der Waals surface area contributed by atoms with Crippen molar-refractivity contribution in [2.24, 2.45) is 0 Å². The van der Waals surface area contributed by atoms with E-state index in [1.807, 2.05) is 0 Å². The Labute approximate surface area is 152 Å². The molecule has 15 heteroatoms. The van der Waals surface area contributed by atoms with Gasteiger partial charge in [0, 0.05) is 12.8 Å². The number of rotatable bonds is 6. The lowest BCUT2D eigenvalue weighted by molar-refractivity contribution is -0.382. The molecule has 1 atom stereocenters. The molecule has 1 unspecified atom stereocenters. The predicted octanol–water partition coefficient (Wildman–Crippen LogP) is 3.29. The van der Waals surface area contributed by atoms with Crippen LogP contribution in [0.2, 0.25) is 0 Å². The third-order valence-corrected chi connectivity index (χ3v) is 5.73. The minimum atomic E-state index is -7.43. The van der Waals surface area contributed by atoms with Crippen LogP contribution in [0.3, 0.4) is 0 Å². The van der Waals surface area contributed by atoms with Crippen molar-refractivity contribution in [2.45, 2.75) is 61.1 Å². The maximum atomic E-state index is 12.2. The topological polar surface area (TPSA) is 74.3 Å². The molecule has 0 amide bonds. The van der Waals surface area contributed by atoms with E-state index in [4.69, 9.17) is 0 Å². The molecule has 0 aromatic heterocycles. The van der Waals surface area contributed by atoms with Gasteiger partial charge >= 0.3 is 23.3 Å². The molecule has 1 fully saturated rings. The van der Waals surface area contributed by atoms with Crippen LogP contribution in [0.25, 0.3) is 0 Å². The highest BCUT2D eigenvalue weighted by Crippen LogP contribution is 2.54. The summed E-state index contributed by atoms with van der Waals surface area (Å²) < 4.78 is 135. The van der Waals surface area contributed by atoms with Crippen LogP contribution in [-0.2, 0) is 26.7 Å². The lowest BCUT2D eigenvalue weighted by atomic mass is 10.1. The molecule has 1 heterocycles. The van der Waals surface area contributed by atoms with Crippen LogP contribution >= 0.6 is 0 Å². The number of thiol groups is 1. The number of Topliss-reactive ketones (excluding diaryl/α,β-unsaturated/α-hetero) is 1. The van der Waals surface area contributed by atoms with Crippen LogP contribution in [-0.4, -0.2) is 53.0 Å². The first kappa shape index (κ1) is 26.3. The van der Waals surface area contributed by atoms with Gasteiger partial charge in [-0.05, 0) is 24.6 Å². The second-order valence-corrected chi connectivity index (χ2v) is 8.25. The highest BCUT2D eigenvalue weighted by Gasteiger charge is 2.83. The van der Waals surface area contributed by atoms with Crippen LogP contribution in [0.5, 0.6) is 0 Å². The highest BCUT2D eigenvalue weighted by atomic mass is 32.2. The fourth-order valence-electron chi connectivity index (χ4n) is 1.82. The zero-order valence-corrected chi connectivity index (χ0v) is 15.2. The first-order valence-corrected chi connectivity index (χ1v) is 9.75. The normalized spacial score (nSPS) is 19.4. The van der Waals surface area contributed by atoms with Gasteiger partial charge < -0.3 is 4.55 Å². The molecule has 0 aromatic carbocycles. The molecule has 0 saturated carbocycles. The largest absolute Gasteiger partial charge is 0.743 e. The van der Waals surface area contributed by atoms with E-state index < -0.39 is 33.4 Å². The Morgan fingerprint density at radius 3 is 1.81 bits per heavy atom. The maximum Gasteiger partial charge on any atom is 0.460 e. The van der Waals surface area contributed by atoms with Crippen molar-refractivity contribution in [1.29, 1.82) is 0 Å². The molecule has 1 aliphatic heterocycles. The van der Waals surface area contributed by atoms with Crippen molar-refractivity contribution in [3.05, 3.63) is 0 Å². The Kier molecular flexibility index (Phi) is 8.53. The number of ketones is 1. The van der Waals surface area contributed by atoms with E-state index in [0.717, 1.165) is 19.3 Å². The van der Waals surface area contributed by atoms with Gasteiger partial charge in [-0.1, -0.05) is 6.92 Å². The van der Waals surface area contributed by atoms with Crippen molar-refractivity contribution in [3.8, 4) is 0 Å². The maximum absolute atomic E-state index is 12.2. The summed E-state index contributed by atoms with van der Waals surface area (Å²) in [6.07, 6.45) is -2.92. The summed E-state index contributed by atoms with van der Waals surface area (Å²) >= 11 is 1.39. The summed E-state index contributed by atoms with van der Waals surface area (Å²) in [6, 6.07) is 0. The molecule has 1 aliphatic rings. The van der Waals surface area contributed by atoms with E-state index in [2.05, 4.69) is 6.92 Å². The first-order valence-electron chi connectivity index (χ1n) is 7.19. The quantitative estimate of drug-likeness (QED) is 0.265.